The third-order valence-corrected chi connectivity index (χ3v) is 5.27. The van der Waals surface area contributed by atoms with Gasteiger partial charge in [0.1, 0.15) is 5.82 Å². The van der Waals surface area contributed by atoms with E-state index in [1.165, 1.54) is 5.56 Å². The van der Waals surface area contributed by atoms with E-state index in [0.717, 1.165) is 0 Å². The van der Waals surface area contributed by atoms with E-state index in [1.54, 1.807) is 41.8 Å². The average Bonchev–Trinajstić information content (AvgIpc) is 2.78. The molecule has 0 radical (unpaired) electrons. The molecule has 0 saturated carbocycles. The molecule has 5 heteroatoms. The van der Waals surface area contributed by atoms with Crippen molar-refractivity contribution in [2.75, 3.05) is 6.54 Å². The van der Waals surface area contributed by atoms with Crippen LogP contribution in [0.3, 0.4) is 0 Å². The van der Waals surface area contributed by atoms with Crippen LogP contribution < -0.4 is 10.9 Å². The molecule has 1 aromatic heterocycles. The number of benzene rings is 3. The molecule has 150 valence electrons. The van der Waals surface area contributed by atoms with Gasteiger partial charge in [0.05, 0.1) is 16.6 Å². The highest BCUT2D eigenvalue weighted by molar-refractivity contribution is 5.94. The van der Waals surface area contributed by atoms with Crippen molar-refractivity contribution in [3.63, 3.8) is 0 Å². The number of nitrogens with zero attached hydrogens (tertiary/aromatic N) is 2. The largest absolute Gasteiger partial charge is 0.351 e. The zero-order valence-corrected chi connectivity index (χ0v) is 17.0. The molecule has 1 unspecified atom stereocenters. The fourth-order valence-corrected chi connectivity index (χ4v) is 3.56. The summed E-state index contributed by atoms with van der Waals surface area (Å²) in [5.74, 6) is 0.692. The minimum Gasteiger partial charge on any atom is -0.351 e. The Bertz CT molecular complexity index is 1250. The van der Waals surface area contributed by atoms with Gasteiger partial charge < -0.3 is 5.32 Å². The highest BCUT2D eigenvalue weighted by Crippen LogP contribution is 2.15. The molecular formula is C25H23N3O2. The van der Waals surface area contributed by atoms with Gasteiger partial charge in [-0.3, -0.25) is 14.2 Å². The van der Waals surface area contributed by atoms with Gasteiger partial charge in [0.25, 0.3) is 11.5 Å². The molecule has 1 N–H and O–H groups in total. The standard InChI is InChI=1S/C25H23N3O2/c1-17(19-8-4-3-5-9-19)16-26-24(29)20-12-14-21(15-13-20)28-18(2)27-23-11-7-6-10-22(23)25(28)30/h3-15,17H,16H2,1-2H3,(H,26,29). The predicted molar refractivity (Wildman–Crippen MR) is 119 cm³/mol. The molecule has 0 aliphatic rings. The Morgan fingerprint density at radius 1 is 0.967 bits per heavy atom. The zero-order valence-electron chi connectivity index (χ0n) is 17.0. The lowest BCUT2D eigenvalue weighted by Crippen LogP contribution is -2.27. The normalized spacial score (nSPS) is 11.9. The summed E-state index contributed by atoms with van der Waals surface area (Å²) in [5, 5.41) is 3.55. The molecule has 4 aromatic rings. The van der Waals surface area contributed by atoms with Gasteiger partial charge in [-0.05, 0) is 54.8 Å². The molecule has 1 atom stereocenters. The zero-order chi connectivity index (χ0) is 21.1. The first-order valence-electron chi connectivity index (χ1n) is 9.96. The number of rotatable bonds is 5. The van der Waals surface area contributed by atoms with Gasteiger partial charge in [0.2, 0.25) is 0 Å². The van der Waals surface area contributed by atoms with Gasteiger partial charge in [0.15, 0.2) is 0 Å². The highest BCUT2D eigenvalue weighted by atomic mass is 16.1. The van der Waals surface area contributed by atoms with Crippen molar-refractivity contribution >= 4 is 16.8 Å². The van der Waals surface area contributed by atoms with Gasteiger partial charge in [0, 0.05) is 12.1 Å². The molecule has 30 heavy (non-hydrogen) atoms. The molecule has 5 nitrogen and oxygen atoms in total. The van der Waals surface area contributed by atoms with Crippen LogP contribution >= 0.6 is 0 Å². The molecule has 3 aromatic carbocycles. The number of hydrogen-bond acceptors (Lipinski definition) is 3. The summed E-state index contributed by atoms with van der Waals surface area (Å²) in [6.07, 6.45) is 0. The maximum atomic E-state index is 12.9. The fraction of sp³-hybridized carbons (Fsp3) is 0.160. The molecule has 1 amide bonds. The third kappa shape index (κ3) is 3.87. The number of fused-ring (bicyclic) bond motifs is 1. The lowest BCUT2D eigenvalue weighted by molar-refractivity contribution is 0.0951. The first kappa shape index (κ1) is 19.6. The van der Waals surface area contributed by atoms with Gasteiger partial charge in [-0.15, -0.1) is 0 Å². The molecule has 0 spiro atoms. The summed E-state index contributed by atoms with van der Waals surface area (Å²) in [4.78, 5) is 30.0. The number of hydrogen-bond donors (Lipinski definition) is 1. The van der Waals surface area contributed by atoms with Crippen LogP contribution in [-0.2, 0) is 0 Å². The maximum absolute atomic E-state index is 12.9. The lowest BCUT2D eigenvalue weighted by atomic mass is 10.0. The summed E-state index contributed by atoms with van der Waals surface area (Å²) in [5.41, 5.74) is 2.99. The third-order valence-electron chi connectivity index (χ3n) is 5.27. The summed E-state index contributed by atoms with van der Waals surface area (Å²) in [6, 6.07) is 24.4. The molecule has 0 bridgehead atoms. The Kier molecular flexibility index (Phi) is 5.44. The van der Waals surface area contributed by atoms with Crippen molar-refractivity contribution in [3.8, 4) is 5.69 Å². The quantitative estimate of drug-likeness (QED) is 0.548. The number of nitrogens with one attached hydrogen (secondary N) is 1. The number of carbonyl (C=O) groups excluding carboxylic acids is 1. The number of amides is 1. The van der Waals surface area contributed by atoms with Gasteiger partial charge in [-0.2, -0.15) is 0 Å². The van der Waals surface area contributed by atoms with Gasteiger partial charge in [-0.25, -0.2) is 4.98 Å². The summed E-state index contributed by atoms with van der Waals surface area (Å²) >= 11 is 0. The van der Waals surface area contributed by atoms with E-state index in [-0.39, 0.29) is 17.4 Å². The first-order chi connectivity index (χ1) is 14.5. The molecule has 4 rings (SSSR count). The number of carbonyl (C=O) groups is 1. The van der Waals surface area contributed by atoms with Crippen LogP contribution in [0.5, 0.6) is 0 Å². The predicted octanol–water partition coefficient (Wildman–Crippen LogP) is 4.23. The van der Waals surface area contributed by atoms with Crippen LogP contribution in [0.4, 0.5) is 0 Å². The monoisotopic (exact) mass is 397 g/mol. The highest BCUT2D eigenvalue weighted by Gasteiger charge is 2.12. The Labute approximate surface area is 175 Å². The summed E-state index contributed by atoms with van der Waals surface area (Å²) in [6.45, 7) is 4.44. The van der Waals surface area contributed by atoms with Crippen LogP contribution in [0.1, 0.15) is 34.6 Å². The van der Waals surface area contributed by atoms with Gasteiger partial charge >= 0.3 is 0 Å². The molecular weight excluding hydrogens is 374 g/mol. The van der Waals surface area contributed by atoms with Crippen molar-refractivity contribution < 1.29 is 4.79 Å². The van der Waals surface area contributed by atoms with E-state index in [4.69, 9.17) is 0 Å². The molecule has 0 aliphatic carbocycles. The number of aryl methyl sites for hydroxylation is 1. The topological polar surface area (TPSA) is 64.0 Å². The smallest absolute Gasteiger partial charge is 0.265 e. The van der Waals surface area contributed by atoms with Crippen molar-refractivity contribution in [3.05, 3.63) is 106 Å². The van der Waals surface area contributed by atoms with Crippen LogP contribution in [0.2, 0.25) is 0 Å². The van der Waals surface area contributed by atoms with E-state index in [9.17, 15) is 9.59 Å². The fourth-order valence-electron chi connectivity index (χ4n) is 3.56. The van der Waals surface area contributed by atoms with Crippen LogP contribution in [0.25, 0.3) is 16.6 Å². The van der Waals surface area contributed by atoms with E-state index in [2.05, 4.69) is 29.4 Å². The lowest BCUT2D eigenvalue weighted by Gasteiger charge is -2.14. The number of aromatic nitrogens is 2. The second kappa shape index (κ2) is 8.33. The minimum absolute atomic E-state index is 0.119. The van der Waals surface area contributed by atoms with E-state index in [1.807, 2.05) is 36.4 Å². The van der Waals surface area contributed by atoms with Crippen LogP contribution in [-0.4, -0.2) is 22.0 Å². The summed E-state index contributed by atoms with van der Waals surface area (Å²) < 4.78 is 1.57. The first-order valence-corrected chi connectivity index (χ1v) is 9.96. The van der Waals surface area contributed by atoms with Crippen LogP contribution in [0.15, 0.2) is 83.7 Å². The molecule has 0 saturated heterocycles. The van der Waals surface area contributed by atoms with Crippen molar-refractivity contribution in [1.29, 1.82) is 0 Å². The Balaban J connectivity index is 1.53. The number of para-hydroxylation sites is 1. The Hall–Kier alpha value is -3.73. The molecule has 0 fully saturated rings. The Morgan fingerprint density at radius 2 is 1.63 bits per heavy atom. The minimum atomic E-state index is -0.134. The van der Waals surface area contributed by atoms with Crippen molar-refractivity contribution in [2.24, 2.45) is 0 Å². The second-order valence-electron chi connectivity index (χ2n) is 7.39. The van der Waals surface area contributed by atoms with Gasteiger partial charge in [-0.1, -0.05) is 49.4 Å². The van der Waals surface area contributed by atoms with E-state index in [0.29, 0.717) is 34.5 Å². The van der Waals surface area contributed by atoms with E-state index >= 15 is 0 Å². The second-order valence-corrected chi connectivity index (χ2v) is 7.39. The molecule has 0 aliphatic heterocycles. The average molecular weight is 397 g/mol. The maximum Gasteiger partial charge on any atom is 0.265 e. The van der Waals surface area contributed by atoms with Crippen molar-refractivity contribution in [2.45, 2.75) is 19.8 Å². The van der Waals surface area contributed by atoms with Crippen LogP contribution in [0, 0.1) is 6.92 Å². The summed E-state index contributed by atoms with van der Waals surface area (Å²) in [7, 11) is 0. The Morgan fingerprint density at radius 3 is 2.37 bits per heavy atom. The molecule has 1 heterocycles. The van der Waals surface area contributed by atoms with Crippen molar-refractivity contribution in [1.82, 2.24) is 14.9 Å². The SMILES string of the molecule is Cc1nc2ccccc2c(=O)n1-c1ccc(C(=O)NCC(C)c2ccccc2)cc1. The van der Waals surface area contributed by atoms with E-state index < -0.39 is 0 Å².